The number of benzene rings is 1. The van der Waals surface area contributed by atoms with E-state index >= 15 is 0 Å². The largest absolute Gasteiger partial charge is 0.465 e. The molecule has 0 bridgehead atoms. The molecule has 0 unspecified atom stereocenters. The molecule has 1 aromatic rings. The second-order valence-corrected chi connectivity index (χ2v) is 2.95. The molecule has 0 N–H and O–H groups in total. The van der Waals surface area contributed by atoms with Crippen molar-refractivity contribution in [1.29, 1.82) is 5.26 Å². The van der Waals surface area contributed by atoms with E-state index in [2.05, 4.69) is 4.74 Å². The van der Waals surface area contributed by atoms with Gasteiger partial charge in [-0.3, -0.25) is 0 Å². The van der Waals surface area contributed by atoms with Crippen molar-refractivity contribution < 1.29 is 13.9 Å². The minimum Gasteiger partial charge on any atom is -0.465 e. The Morgan fingerprint density at radius 1 is 1.60 bits per heavy atom. The van der Waals surface area contributed by atoms with E-state index in [4.69, 9.17) is 5.26 Å². The maximum atomic E-state index is 13.6. The zero-order chi connectivity index (χ0) is 11.4. The van der Waals surface area contributed by atoms with E-state index in [1.807, 2.05) is 6.07 Å². The van der Waals surface area contributed by atoms with Crippen molar-refractivity contribution >= 4 is 5.97 Å². The van der Waals surface area contributed by atoms with Gasteiger partial charge < -0.3 is 4.74 Å². The Kier molecular flexibility index (Phi) is 3.40. The highest BCUT2D eigenvalue weighted by Gasteiger charge is 2.16. The van der Waals surface area contributed by atoms with Gasteiger partial charge in [-0.05, 0) is 24.1 Å². The third-order valence-corrected chi connectivity index (χ3v) is 2.06. The van der Waals surface area contributed by atoms with Gasteiger partial charge >= 0.3 is 5.97 Å². The standard InChI is InChI=1S/C11H10FNO2/c1-3-8-4-7(6-13)5-9(10(8)12)11(14)15-2/h4-5H,3H2,1-2H3. The van der Waals surface area contributed by atoms with Gasteiger partial charge in [-0.15, -0.1) is 0 Å². The van der Waals surface area contributed by atoms with Crippen LogP contribution >= 0.6 is 0 Å². The molecule has 4 heteroatoms. The van der Waals surface area contributed by atoms with E-state index < -0.39 is 11.8 Å². The Morgan fingerprint density at radius 2 is 2.27 bits per heavy atom. The highest BCUT2D eigenvalue weighted by molar-refractivity contribution is 5.90. The summed E-state index contributed by atoms with van der Waals surface area (Å²) in [5.41, 5.74) is 0.413. The van der Waals surface area contributed by atoms with Crippen LogP contribution in [0.2, 0.25) is 0 Å². The van der Waals surface area contributed by atoms with Gasteiger partial charge in [0.25, 0.3) is 0 Å². The fraction of sp³-hybridized carbons (Fsp3) is 0.273. The molecule has 0 fully saturated rings. The number of carbonyl (C=O) groups excluding carboxylic acids is 1. The van der Waals surface area contributed by atoms with Gasteiger partial charge in [0.1, 0.15) is 5.82 Å². The second kappa shape index (κ2) is 4.56. The molecule has 3 nitrogen and oxygen atoms in total. The van der Waals surface area contributed by atoms with Crippen LogP contribution in [0.25, 0.3) is 0 Å². The summed E-state index contributed by atoms with van der Waals surface area (Å²) in [5, 5.41) is 8.70. The van der Waals surface area contributed by atoms with Crippen molar-refractivity contribution in [3.63, 3.8) is 0 Å². The van der Waals surface area contributed by atoms with Crippen molar-refractivity contribution in [2.75, 3.05) is 7.11 Å². The number of ether oxygens (including phenoxy) is 1. The van der Waals surface area contributed by atoms with E-state index in [9.17, 15) is 9.18 Å². The van der Waals surface area contributed by atoms with Crippen molar-refractivity contribution in [2.24, 2.45) is 0 Å². The van der Waals surface area contributed by atoms with E-state index in [1.165, 1.54) is 19.2 Å². The van der Waals surface area contributed by atoms with Gasteiger partial charge in [-0.25, -0.2) is 9.18 Å². The molecule has 0 spiro atoms. The quantitative estimate of drug-likeness (QED) is 0.697. The lowest BCUT2D eigenvalue weighted by molar-refractivity contribution is 0.0595. The van der Waals surface area contributed by atoms with Gasteiger partial charge in [-0.1, -0.05) is 6.92 Å². The smallest absolute Gasteiger partial charge is 0.340 e. The van der Waals surface area contributed by atoms with Crippen LogP contribution in [0.1, 0.15) is 28.4 Å². The summed E-state index contributed by atoms with van der Waals surface area (Å²) in [4.78, 5) is 11.2. The molecule has 0 atom stereocenters. The van der Waals surface area contributed by atoms with Gasteiger partial charge in [0.05, 0.1) is 24.3 Å². The van der Waals surface area contributed by atoms with Gasteiger partial charge in [0, 0.05) is 0 Å². The normalized spacial score (nSPS) is 9.47. The molecule has 0 saturated carbocycles. The fourth-order valence-corrected chi connectivity index (χ4v) is 1.26. The van der Waals surface area contributed by atoms with Crippen LogP contribution in [-0.2, 0) is 11.2 Å². The number of hydrogen-bond donors (Lipinski definition) is 0. The minimum absolute atomic E-state index is 0.187. The summed E-state index contributed by atoms with van der Waals surface area (Å²) < 4.78 is 18.0. The van der Waals surface area contributed by atoms with Crippen LogP contribution in [0.15, 0.2) is 12.1 Å². The molecule has 0 aliphatic carbocycles. The second-order valence-electron chi connectivity index (χ2n) is 2.95. The Bertz CT molecular complexity index is 435. The number of halogens is 1. The summed E-state index contributed by atoms with van der Waals surface area (Å²) in [6.45, 7) is 1.75. The average Bonchev–Trinajstić information content (AvgIpc) is 2.28. The van der Waals surface area contributed by atoms with E-state index in [-0.39, 0.29) is 11.1 Å². The SMILES string of the molecule is CCc1cc(C#N)cc(C(=O)OC)c1F. The van der Waals surface area contributed by atoms with Gasteiger partial charge in [0.2, 0.25) is 0 Å². The predicted molar refractivity (Wildman–Crippen MR) is 51.8 cm³/mol. The minimum atomic E-state index is -0.765. The van der Waals surface area contributed by atoms with Gasteiger partial charge in [-0.2, -0.15) is 5.26 Å². The zero-order valence-electron chi connectivity index (χ0n) is 8.50. The summed E-state index contributed by atoms with van der Waals surface area (Å²) in [6, 6.07) is 4.50. The van der Waals surface area contributed by atoms with E-state index in [1.54, 1.807) is 6.92 Å². The lowest BCUT2D eigenvalue weighted by atomic mass is 10.0. The molecule has 1 aromatic carbocycles. The monoisotopic (exact) mass is 207 g/mol. The van der Waals surface area contributed by atoms with Crippen molar-refractivity contribution in [2.45, 2.75) is 13.3 Å². The Morgan fingerprint density at radius 3 is 2.73 bits per heavy atom. The first-order chi connectivity index (χ1) is 7.13. The van der Waals surface area contributed by atoms with Crippen molar-refractivity contribution in [1.82, 2.24) is 0 Å². The highest BCUT2D eigenvalue weighted by Crippen LogP contribution is 2.17. The number of carbonyl (C=O) groups is 1. The first-order valence-corrected chi connectivity index (χ1v) is 4.44. The molecule has 0 heterocycles. The van der Waals surface area contributed by atoms with Crippen LogP contribution < -0.4 is 0 Å². The Balaban J connectivity index is 3.38. The third-order valence-electron chi connectivity index (χ3n) is 2.06. The lowest BCUT2D eigenvalue weighted by Gasteiger charge is -2.05. The molecule has 78 valence electrons. The van der Waals surface area contributed by atoms with Crippen molar-refractivity contribution in [3.05, 3.63) is 34.6 Å². The van der Waals surface area contributed by atoms with Crippen LogP contribution in [0.4, 0.5) is 4.39 Å². The molecule has 0 aromatic heterocycles. The summed E-state index contributed by atoms with van der Waals surface area (Å²) in [6.07, 6.45) is 0.422. The molecule has 15 heavy (non-hydrogen) atoms. The van der Waals surface area contributed by atoms with Crippen LogP contribution in [-0.4, -0.2) is 13.1 Å². The number of methoxy groups -OCH3 is 1. The summed E-state index contributed by atoms with van der Waals surface area (Å²) in [5.74, 6) is -1.37. The number of nitriles is 1. The molecular weight excluding hydrogens is 197 g/mol. The number of aryl methyl sites for hydroxylation is 1. The molecule has 0 amide bonds. The van der Waals surface area contributed by atoms with Crippen LogP contribution in [0.3, 0.4) is 0 Å². The average molecular weight is 207 g/mol. The number of esters is 1. The lowest BCUT2D eigenvalue weighted by Crippen LogP contribution is -2.07. The van der Waals surface area contributed by atoms with Crippen LogP contribution in [0, 0.1) is 17.1 Å². The number of hydrogen-bond acceptors (Lipinski definition) is 3. The number of rotatable bonds is 2. The maximum Gasteiger partial charge on any atom is 0.340 e. The zero-order valence-corrected chi connectivity index (χ0v) is 8.50. The molecular formula is C11H10FNO2. The first kappa shape index (κ1) is 11.2. The fourth-order valence-electron chi connectivity index (χ4n) is 1.26. The molecule has 0 aliphatic heterocycles. The van der Waals surface area contributed by atoms with Crippen LogP contribution in [0.5, 0.6) is 0 Å². The third kappa shape index (κ3) is 2.13. The first-order valence-electron chi connectivity index (χ1n) is 4.44. The summed E-state index contributed by atoms with van der Waals surface area (Å²) in [7, 11) is 1.17. The van der Waals surface area contributed by atoms with Gasteiger partial charge in [0.15, 0.2) is 0 Å². The highest BCUT2D eigenvalue weighted by atomic mass is 19.1. The topological polar surface area (TPSA) is 50.1 Å². The Hall–Kier alpha value is -1.89. The summed E-state index contributed by atoms with van der Waals surface area (Å²) >= 11 is 0. The maximum absolute atomic E-state index is 13.6. The predicted octanol–water partition coefficient (Wildman–Crippen LogP) is 2.05. The number of nitrogens with zero attached hydrogens (tertiary/aromatic N) is 1. The molecule has 0 radical (unpaired) electrons. The molecule has 0 aliphatic rings. The molecule has 1 rings (SSSR count). The van der Waals surface area contributed by atoms with E-state index in [0.29, 0.717) is 12.0 Å². The van der Waals surface area contributed by atoms with Crippen molar-refractivity contribution in [3.8, 4) is 6.07 Å². The molecule has 0 saturated heterocycles. The Labute approximate surface area is 87.1 Å². The van der Waals surface area contributed by atoms with E-state index in [0.717, 1.165) is 0 Å².